The Morgan fingerprint density at radius 1 is 0.882 bits per heavy atom. The monoisotopic (exact) mass is 434 g/mol. The third kappa shape index (κ3) is 6.33. The van der Waals surface area contributed by atoms with Crippen LogP contribution >= 0.6 is 0 Å². The fraction of sp³-hybridized carbons (Fsp3) is 0.800. The molecule has 0 rings (SSSR count). The first-order chi connectivity index (χ1) is 7.77. The first-order valence-electron chi connectivity index (χ1n) is 5.61. The van der Waals surface area contributed by atoms with Gasteiger partial charge in [0.25, 0.3) is 0 Å². The molecule has 0 aliphatic heterocycles. The van der Waals surface area contributed by atoms with Crippen LogP contribution in [0, 0.1) is 11.8 Å². The summed E-state index contributed by atoms with van der Waals surface area (Å²) in [6.07, 6.45) is 0. The van der Waals surface area contributed by atoms with Gasteiger partial charge in [-0.2, -0.15) is 0 Å². The van der Waals surface area contributed by atoms with Gasteiger partial charge in [-0.1, -0.05) is 0 Å². The fourth-order valence-corrected chi connectivity index (χ4v) is 3.51. The summed E-state index contributed by atoms with van der Waals surface area (Å²) in [6, 6.07) is -1.32. The molecule has 0 unspecified atom stereocenters. The van der Waals surface area contributed by atoms with Gasteiger partial charge in [-0.3, -0.25) is 0 Å². The topological polar surface area (TPSA) is 105 Å². The van der Waals surface area contributed by atoms with Gasteiger partial charge in [-0.05, 0) is 0 Å². The predicted octanol–water partition coefficient (Wildman–Crippen LogP) is -0.0481. The summed E-state index contributed by atoms with van der Waals surface area (Å²) >= 11 is -2.44. The van der Waals surface area contributed by atoms with Crippen molar-refractivity contribution in [3.63, 3.8) is 0 Å². The summed E-state index contributed by atoms with van der Waals surface area (Å²) in [6.45, 7) is 7.29. The first-order valence-corrected chi connectivity index (χ1v) is 10.1. The fourth-order valence-electron chi connectivity index (χ4n) is 0.882. The molecular weight excluding hydrogens is 413 g/mol. The average molecular weight is 433 g/mol. The molecule has 0 saturated carbocycles. The number of nitrogens with two attached hydrogens (primary N) is 2. The van der Waals surface area contributed by atoms with Gasteiger partial charge in [0, 0.05) is 0 Å². The molecule has 7 heteroatoms. The molecule has 0 amide bonds. The molecular formula is C10H20HgN2O4. The third-order valence-electron chi connectivity index (χ3n) is 2.38. The molecule has 0 bridgehead atoms. The normalized spacial score (nSPS) is 14.1. The minimum absolute atomic E-state index is 0.00419. The summed E-state index contributed by atoms with van der Waals surface area (Å²) in [5, 5.41) is 0. The zero-order chi connectivity index (χ0) is 13.6. The van der Waals surface area contributed by atoms with E-state index in [0.29, 0.717) is 0 Å². The quantitative estimate of drug-likeness (QED) is 0.570. The van der Waals surface area contributed by atoms with E-state index in [-0.39, 0.29) is 11.8 Å². The van der Waals surface area contributed by atoms with Crippen molar-refractivity contribution in [3.05, 3.63) is 0 Å². The van der Waals surface area contributed by atoms with Crippen molar-refractivity contribution in [2.75, 3.05) is 0 Å². The molecule has 2 atom stereocenters. The minimum atomic E-state index is -2.44. The molecule has 0 aromatic rings. The van der Waals surface area contributed by atoms with E-state index in [1.54, 1.807) is 0 Å². The van der Waals surface area contributed by atoms with E-state index in [1.807, 2.05) is 27.7 Å². The molecule has 4 N–H and O–H groups in total. The van der Waals surface area contributed by atoms with Crippen molar-refractivity contribution < 1.29 is 40.4 Å². The van der Waals surface area contributed by atoms with Crippen LogP contribution < -0.4 is 11.5 Å². The van der Waals surface area contributed by atoms with E-state index in [9.17, 15) is 9.59 Å². The Hall–Kier alpha value is -0.205. The van der Waals surface area contributed by atoms with Crippen molar-refractivity contribution in [1.29, 1.82) is 0 Å². The van der Waals surface area contributed by atoms with Crippen LogP contribution in [0.3, 0.4) is 0 Å². The molecule has 17 heavy (non-hydrogen) atoms. The van der Waals surface area contributed by atoms with E-state index in [0.717, 1.165) is 0 Å². The Morgan fingerprint density at radius 2 is 1.18 bits per heavy atom. The van der Waals surface area contributed by atoms with Crippen LogP contribution in [0.25, 0.3) is 0 Å². The van der Waals surface area contributed by atoms with E-state index in [4.69, 9.17) is 16.8 Å². The van der Waals surface area contributed by atoms with Crippen molar-refractivity contribution in [1.82, 2.24) is 0 Å². The average Bonchev–Trinajstić information content (AvgIpc) is 2.26. The van der Waals surface area contributed by atoms with Gasteiger partial charge in [0.15, 0.2) is 0 Å². The molecule has 0 aliphatic rings. The Labute approximate surface area is 115 Å². The Morgan fingerprint density at radius 3 is 1.41 bits per heavy atom. The van der Waals surface area contributed by atoms with Crippen molar-refractivity contribution in [3.8, 4) is 0 Å². The molecule has 0 radical (unpaired) electrons. The second kappa shape index (κ2) is 8.00. The van der Waals surface area contributed by atoms with Crippen LogP contribution in [0.15, 0.2) is 0 Å². The zero-order valence-electron chi connectivity index (χ0n) is 10.8. The summed E-state index contributed by atoms with van der Waals surface area (Å²) in [7, 11) is 0. The van der Waals surface area contributed by atoms with Crippen molar-refractivity contribution >= 4 is 11.9 Å². The Balaban J connectivity index is 3.92. The molecule has 0 aromatic heterocycles. The van der Waals surface area contributed by atoms with Gasteiger partial charge in [0.05, 0.1) is 0 Å². The molecule has 0 aromatic carbocycles. The molecule has 0 heterocycles. The van der Waals surface area contributed by atoms with Gasteiger partial charge in [0.1, 0.15) is 0 Å². The van der Waals surface area contributed by atoms with Gasteiger partial charge in [-0.15, -0.1) is 0 Å². The van der Waals surface area contributed by atoms with E-state index < -0.39 is 49.5 Å². The standard InChI is InChI=1S/2C5H11NO2.Hg/c2*1-3(2)4(6)5(7)8;/h2*3-4H,6H2,1-2H3,(H,7,8);/q;;+2/p-2/t2*4-;/m00./s1. The SMILES string of the molecule is CC(C)[C@H](N)C(=O)[O][Hg][O]C(=O)[C@@H](N)C(C)C. The van der Waals surface area contributed by atoms with Crippen LogP contribution in [0.5, 0.6) is 0 Å². The van der Waals surface area contributed by atoms with Gasteiger partial charge < -0.3 is 0 Å². The molecule has 0 saturated heterocycles. The van der Waals surface area contributed by atoms with Crippen LogP contribution in [0.1, 0.15) is 27.7 Å². The van der Waals surface area contributed by atoms with Gasteiger partial charge >= 0.3 is 115 Å². The second-order valence-corrected chi connectivity index (χ2v) is 7.74. The number of hydrogen-bond acceptors (Lipinski definition) is 6. The molecule has 96 valence electrons. The Bertz CT molecular complexity index is 245. The summed E-state index contributed by atoms with van der Waals surface area (Å²) in [5.74, 6) is -0.978. The van der Waals surface area contributed by atoms with E-state index in [2.05, 4.69) is 0 Å². The number of hydrogen-bond donors (Lipinski definition) is 2. The molecule has 0 spiro atoms. The molecule has 0 aliphatic carbocycles. The van der Waals surface area contributed by atoms with Gasteiger partial charge in [0.2, 0.25) is 0 Å². The van der Waals surface area contributed by atoms with Crippen molar-refractivity contribution in [2.45, 2.75) is 39.8 Å². The zero-order valence-corrected chi connectivity index (χ0v) is 16.3. The first kappa shape index (κ1) is 16.8. The second-order valence-electron chi connectivity index (χ2n) is 4.58. The van der Waals surface area contributed by atoms with Crippen LogP contribution in [-0.4, -0.2) is 24.0 Å². The van der Waals surface area contributed by atoms with Crippen LogP contribution in [-0.2, 0) is 40.4 Å². The van der Waals surface area contributed by atoms with E-state index >= 15 is 0 Å². The summed E-state index contributed by atoms with van der Waals surface area (Å²) < 4.78 is 9.85. The number of rotatable bonds is 6. The third-order valence-corrected chi connectivity index (χ3v) is 5.51. The predicted molar refractivity (Wildman–Crippen MR) is 57.8 cm³/mol. The summed E-state index contributed by atoms with van der Waals surface area (Å²) in [4.78, 5) is 22.7. The Kier molecular flexibility index (Phi) is 7.90. The van der Waals surface area contributed by atoms with Crippen LogP contribution in [0.4, 0.5) is 0 Å². The van der Waals surface area contributed by atoms with Gasteiger partial charge in [-0.25, -0.2) is 0 Å². The summed E-state index contributed by atoms with van der Waals surface area (Å²) in [5.41, 5.74) is 11.2. The van der Waals surface area contributed by atoms with Crippen molar-refractivity contribution in [2.24, 2.45) is 23.3 Å². The van der Waals surface area contributed by atoms with E-state index in [1.165, 1.54) is 0 Å². The maximum atomic E-state index is 11.4. The molecule has 0 fully saturated rings. The molecule has 6 nitrogen and oxygen atoms in total. The van der Waals surface area contributed by atoms with Crippen LogP contribution in [0.2, 0.25) is 0 Å². The number of carbonyl (C=O) groups is 2. The maximum absolute atomic E-state index is 11.4. The number of carbonyl (C=O) groups excluding carboxylic acids is 2.